The van der Waals surface area contributed by atoms with Crippen molar-refractivity contribution in [3.8, 4) is 28.7 Å². The number of aromatic hydroxyl groups is 3. The van der Waals surface area contributed by atoms with Crippen molar-refractivity contribution in [1.82, 2.24) is 29.8 Å². The summed E-state index contributed by atoms with van der Waals surface area (Å²) >= 11 is 47.1. The van der Waals surface area contributed by atoms with Gasteiger partial charge in [0.1, 0.15) is 34.3 Å². The predicted octanol–water partition coefficient (Wildman–Crippen LogP) is 17.6. The molecule has 0 spiro atoms. The zero-order valence-corrected chi connectivity index (χ0v) is 48.8. The fraction of sp³-hybridized carbons (Fsp3) is 0.164. The van der Waals surface area contributed by atoms with Crippen LogP contribution in [0.4, 0.5) is 0 Å². The zero-order valence-electron chi connectivity index (χ0n) is 39.7. The summed E-state index contributed by atoms with van der Waals surface area (Å²) < 4.78 is 12.4. The Morgan fingerprint density at radius 2 is 1.01 bits per heavy atom. The number of hydrogen-bond donors (Lipinski definition) is 3. The van der Waals surface area contributed by atoms with Crippen LogP contribution in [-0.4, -0.2) is 63.9 Å². The molecular weight excluding hydrogens is 1300 g/mol. The number of aromatic nitrogens is 5. The number of carbonyl (C=O) groups is 1. The summed E-state index contributed by atoms with van der Waals surface area (Å²) in [5, 5.41) is 36.1. The van der Waals surface area contributed by atoms with Gasteiger partial charge < -0.3 is 24.8 Å². The van der Waals surface area contributed by atoms with Crippen molar-refractivity contribution >= 4 is 180 Å². The van der Waals surface area contributed by atoms with Gasteiger partial charge >= 0.3 is 5.97 Å². The Morgan fingerprint density at radius 1 is 0.579 bits per heavy atom. The maximum absolute atomic E-state index is 11.0. The van der Waals surface area contributed by atoms with Gasteiger partial charge in [0, 0.05) is 83.0 Å². The van der Waals surface area contributed by atoms with E-state index in [1.807, 2.05) is 46.9 Å². The third-order valence-corrected chi connectivity index (χ3v) is 15.6. The number of rotatable bonds is 2. The number of halogens is 9. The molecule has 2 aliphatic rings. The van der Waals surface area contributed by atoms with Gasteiger partial charge in [-0.25, -0.2) is 0 Å². The molecule has 76 heavy (non-hydrogen) atoms. The molecule has 10 aromatic rings. The molecule has 6 heterocycles. The zero-order chi connectivity index (χ0) is 54.2. The van der Waals surface area contributed by atoms with Crippen molar-refractivity contribution in [2.24, 2.45) is 0 Å². The van der Waals surface area contributed by atoms with Crippen molar-refractivity contribution in [2.45, 2.75) is 51.6 Å². The van der Waals surface area contributed by atoms with E-state index in [0.717, 1.165) is 39.0 Å². The highest BCUT2D eigenvalue weighted by atomic mass is 127. The molecule has 5 aromatic carbocycles. The molecule has 0 saturated heterocycles. The number of phenols is 3. The maximum Gasteiger partial charge on any atom is 0.308 e. The summed E-state index contributed by atoms with van der Waals surface area (Å²) in [6, 6.07) is 27.3. The van der Waals surface area contributed by atoms with Crippen LogP contribution in [0.2, 0.25) is 35.2 Å². The molecule has 5 aromatic heterocycles. The molecular formula is C55H41BrCl7IN6O6. The molecule has 12 nitrogen and oxygen atoms in total. The highest BCUT2D eigenvalue weighted by Crippen LogP contribution is 2.41. The van der Waals surface area contributed by atoms with E-state index in [0.29, 0.717) is 73.7 Å². The van der Waals surface area contributed by atoms with E-state index in [2.05, 4.69) is 51.8 Å². The molecule has 0 radical (unpaired) electrons. The molecule has 21 heteroatoms. The van der Waals surface area contributed by atoms with Gasteiger partial charge in [0.2, 0.25) is 0 Å². The maximum atomic E-state index is 11.0. The first-order valence-electron chi connectivity index (χ1n) is 23.1. The molecule has 1 saturated carbocycles. The van der Waals surface area contributed by atoms with E-state index >= 15 is 0 Å². The predicted molar refractivity (Wildman–Crippen MR) is 318 cm³/mol. The number of esters is 1. The summed E-state index contributed by atoms with van der Waals surface area (Å²) in [5.41, 5.74) is 4.04. The van der Waals surface area contributed by atoms with E-state index in [4.69, 9.17) is 90.7 Å². The fourth-order valence-electron chi connectivity index (χ4n) is 8.46. The summed E-state index contributed by atoms with van der Waals surface area (Å²) in [4.78, 5) is 34.1. The number of pyridine rings is 5. The van der Waals surface area contributed by atoms with Gasteiger partial charge in [0.05, 0.1) is 43.2 Å². The van der Waals surface area contributed by atoms with Crippen LogP contribution < -0.4 is 9.47 Å². The van der Waals surface area contributed by atoms with Crippen LogP contribution in [0.3, 0.4) is 0 Å². The van der Waals surface area contributed by atoms with Crippen molar-refractivity contribution < 1.29 is 29.6 Å². The lowest BCUT2D eigenvalue weighted by Crippen LogP contribution is -2.41. The van der Waals surface area contributed by atoms with E-state index in [1.165, 1.54) is 56.7 Å². The van der Waals surface area contributed by atoms with Gasteiger partial charge in [-0.2, -0.15) is 0 Å². The van der Waals surface area contributed by atoms with Crippen LogP contribution >= 0.6 is 120 Å². The van der Waals surface area contributed by atoms with Crippen molar-refractivity contribution in [1.29, 1.82) is 0 Å². The number of benzene rings is 5. The monoisotopic (exact) mass is 1330 g/mol. The van der Waals surface area contributed by atoms with E-state index in [-0.39, 0.29) is 33.0 Å². The Kier molecular flexibility index (Phi) is 19.7. The molecule has 12 rings (SSSR count). The van der Waals surface area contributed by atoms with Crippen LogP contribution in [0.1, 0.15) is 44.6 Å². The Labute approximate surface area is 493 Å². The number of phenolic OH excluding ortho intramolecular Hbond substituents is 3. The third kappa shape index (κ3) is 13.3. The van der Waals surface area contributed by atoms with Crippen LogP contribution in [-0.2, 0) is 11.3 Å². The first-order chi connectivity index (χ1) is 36.5. The first kappa shape index (κ1) is 57.2. The lowest BCUT2D eigenvalue weighted by atomic mass is 9.94. The Balaban J connectivity index is 0.000000128. The van der Waals surface area contributed by atoms with Crippen molar-refractivity contribution in [2.75, 3.05) is 6.73 Å². The lowest BCUT2D eigenvalue weighted by Gasteiger charge is -2.37. The third-order valence-electron chi connectivity index (χ3n) is 12.0. The molecule has 0 amide bonds. The summed E-state index contributed by atoms with van der Waals surface area (Å²) in [7, 11) is 0. The van der Waals surface area contributed by atoms with Crippen molar-refractivity contribution in [3.63, 3.8) is 0 Å². The van der Waals surface area contributed by atoms with Crippen LogP contribution in [0.5, 0.6) is 28.7 Å². The van der Waals surface area contributed by atoms with Crippen LogP contribution in [0.25, 0.3) is 54.5 Å². The Hall–Kier alpha value is -4.98. The number of carbonyl (C=O) groups excluding carboxylic acids is 1. The summed E-state index contributed by atoms with van der Waals surface area (Å²) in [6.07, 6.45) is 14.9. The average Bonchev–Trinajstić information content (AvgIpc) is 3.45. The molecule has 390 valence electrons. The molecule has 3 N–H and O–H groups in total. The average molecular weight is 1340 g/mol. The Bertz CT molecular complexity index is 3580. The lowest BCUT2D eigenvalue weighted by molar-refractivity contribution is -0.131. The van der Waals surface area contributed by atoms with Gasteiger partial charge in [0.15, 0.2) is 28.7 Å². The van der Waals surface area contributed by atoms with Gasteiger partial charge in [-0.05, 0) is 142 Å². The summed E-state index contributed by atoms with van der Waals surface area (Å²) in [5.74, 6) is 1.01. The minimum absolute atomic E-state index is 0.0262. The number of hydrogen-bond acceptors (Lipinski definition) is 12. The quantitative estimate of drug-likeness (QED) is 0.0854. The molecule has 1 aliphatic carbocycles. The number of ether oxygens (including phenoxy) is 2. The van der Waals surface area contributed by atoms with E-state index in [9.17, 15) is 20.1 Å². The topological polar surface area (TPSA) is 164 Å². The second kappa shape index (κ2) is 26.1. The van der Waals surface area contributed by atoms with Gasteiger partial charge in [-0.3, -0.25) is 34.6 Å². The first-order valence-corrected chi connectivity index (χ1v) is 27.6. The molecule has 0 bridgehead atoms. The number of fused-ring (bicyclic) bond motifs is 7. The minimum atomic E-state index is -0.448. The highest BCUT2D eigenvalue weighted by Gasteiger charge is 2.28. The van der Waals surface area contributed by atoms with E-state index in [1.54, 1.807) is 79.5 Å². The molecule has 1 aliphatic heterocycles. The van der Waals surface area contributed by atoms with Crippen LogP contribution in [0.15, 0.2) is 126 Å². The second-order valence-corrected chi connectivity index (χ2v) is 21.9. The number of nitrogens with zero attached hydrogens (tertiary/aromatic N) is 6. The minimum Gasteiger partial charge on any atom is -0.505 e. The normalized spacial score (nSPS) is 13.2. The van der Waals surface area contributed by atoms with Crippen LogP contribution in [0, 0.1) is 3.57 Å². The largest absolute Gasteiger partial charge is 0.505 e. The molecule has 0 atom stereocenters. The standard InChI is InChI=1S/C17H19ClN2O.C11H7Cl2NO2.C9H5BrClNO.C9H5Cl2NO.C9H5ClINO/c18-15-9-12-10-20(13-5-2-1-3-6-13)11-21-17(12)16-14(15)7-4-8-19-16;1-6(15)16-11-9(13)5-8(12)7-3-2-4-14-10(7)11;10-6-4-7(11)5-2-1-3-12-8(5)9(6)13;2*10-6-4-7(11)9(13)8-5(6)2-1-3-12-8/h4,7-9,13H,1-3,5-6,10-11H2;2-5H,1H3;3*1-4,13H. The van der Waals surface area contributed by atoms with Gasteiger partial charge in [-0.15, -0.1) is 0 Å². The SMILES string of the molecule is CC(=O)Oc1c(Cl)cc(Cl)c2cccnc12.Clc1cc2c(c3ncccc13)OCN(C1CCCCC1)C2.Oc1c(Br)cc(Cl)c2cccnc12.Oc1c(Cl)cc(Cl)c2cccnc12.Oc1c(I)cc(Cl)c2cccnc12. The molecule has 0 unspecified atom stereocenters. The summed E-state index contributed by atoms with van der Waals surface area (Å²) in [6.45, 7) is 2.90. The van der Waals surface area contributed by atoms with Crippen molar-refractivity contribution in [3.05, 3.63) is 171 Å². The molecule has 1 fully saturated rings. The Morgan fingerprint density at radius 3 is 1.57 bits per heavy atom. The van der Waals surface area contributed by atoms with Gasteiger partial charge in [-0.1, -0.05) is 100 Å². The second-order valence-electron chi connectivity index (χ2n) is 17.0. The fourth-order valence-corrected chi connectivity index (χ4v) is 11.6. The van der Waals surface area contributed by atoms with E-state index < -0.39 is 5.97 Å². The van der Waals surface area contributed by atoms with Gasteiger partial charge in [0.25, 0.3) is 0 Å². The smallest absolute Gasteiger partial charge is 0.308 e. The highest BCUT2D eigenvalue weighted by molar-refractivity contribution is 14.1.